The highest BCUT2D eigenvalue weighted by Crippen LogP contribution is 2.54. The quantitative estimate of drug-likeness (QED) is 0.0823. The normalized spacial score (nSPS) is 15.9. The molecule has 1 aliphatic carbocycles. The first-order valence-corrected chi connectivity index (χ1v) is 17.2. The third-order valence-corrected chi connectivity index (χ3v) is 7.55. The van der Waals surface area contributed by atoms with Gasteiger partial charge in [-0.2, -0.15) is 0 Å². The standard InChI is InChI=1S/C22H30FNP2.C8H18N2.C4H8.C3H9N/c1-5-8-12-19-17(7-3)18-11-9-10-13-20(18)21(19,14-6-2)16(4)24-15-22(23,25)26;1-4-5-10-6-7(2)8(3)9;2*1-3-4-2/h5,7-11,13,24H,3-4,6,12,14-15,25-26H2,1-2H3;7,10H,3-6,9H2,1-2H3;3H,1,4H2,2H3;4H,3H2,1-2H3/b8-5-;;;/t;7-;;/m.1../s1. The van der Waals surface area contributed by atoms with E-state index in [1.807, 2.05) is 26.1 Å². The molecule has 0 saturated carbocycles. The lowest BCUT2D eigenvalue weighted by Crippen LogP contribution is -2.38. The van der Waals surface area contributed by atoms with E-state index in [2.05, 4.69) is 132 Å². The maximum atomic E-state index is 14.1. The van der Waals surface area contributed by atoms with E-state index < -0.39 is 5.15 Å². The van der Waals surface area contributed by atoms with Crippen molar-refractivity contribution in [2.45, 2.75) is 84.2 Å². The van der Waals surface area contributed by atoms with Gasteiger partial charge in [0.25, 0.3) is 0 Å². The first kappa shape index (κ1) is 44.1. The highest BCUT2D eigenvalue weighted by Gasteiger charge is 2.45. The molecule has 2 rings (SSSR count). The Morgan fingerprint density at radius 3 is 2.14 bits per heavy atom. The molecule has 0 fully saturated rings. The molecule has 0 aliphatic heterocycles. The van der Waals surface area contributed by atoms with Crippen LogP contribution >= 0.6 is 18.5 Å². The van der Waals surface area contributed by atoms with Crippen LogP contribution in [0, 0.1) is 5.92 Å². The zero-order chi connectivity index (χ0) is 34.2. The number of hydrogen-bond acceptors (Lipinski definition) is 4. The van der Waals surface area contributed by atoms with Gasteiger partial charge in [0.15, 0.2) is 5.15 Å². The summed E-state index contributed by atoms with van der Waals surface area (Å²) < 4.78 is 14.1. The van der Waals surface area contributed by atoms with Crippen molar-refractivity contribution in [3.05, 3.63) is 103 Å². The van der Waals surface area contributed by atoms with Crippen molar-refractivity contribution in [2.24, 2.45) is 11.7 Å². The summed E-state index contributed by atoms with van der Waals surface area (Å²) in [6.07, 6.45) is 13.1. The third kappa shape index (κ3) is 15.8. The van der Waals surface area contributed by atoms with Crippen LogP contribution in [0.15, 0.2) is 91.9 Å². The molecule has 1 aliphatic rings. The summed E-state index contributed by atoms with van der Waals surface area (Å²) in [6.45, 7) is 31.4. The lowest BCUT2D eigenvalue weighted by molar-refractivity contribution is 0.385. The van der Waals surface area contributed by atoms with Gasteiger partial charge in [0.1, 0.15) is 0 Å². The molecule has 3 unspecified atom stereocenters. The Labute approximate surface area is 275 Å². The molecule has 1 aromatic rings. The minimum atomic E-state index is -1.46. The van der Waals surface area contributed by atoms with E-state index in [4.69, 9.17) is 5.73 Å². The second-order valence-corrected chi connectivity index (χ2v) is 13.5. The number of halogens is 1. The number of rotatable bonds is 16. The fourth-order valence-corrected chi connectivity index (χ4v) is 4.78. The lowest BCUT2D eigenvalue weighted by atomic mass is 9.70. The number of alkyl halides is 1. The van der Waals surface area contributed by atoms with E-state index in [0.29, 0.717) is 5.92 Å². The molecule has 44 heavy (non-hydrogen) atoms. The van der Waals surface area contributed by atoms with E-state index >= 15 is 0 Å². The van der Waals surface area contributed by atoms with Gasteiger partial charge in [0.2, 0.25) is 0 Å². The van der Waals surface area contributed by atoms with Gasteiger partial charge in [-0.05, 0) is 75.0 Å². The van der Waals surface area contributed by atoms with Crippen molar-refractivity contribution in [1.29, 1.82) is 0 Å². The Bertz CT molecular complexity index is 1040. The smallest absolute Gasteiger partial charge is 0.153 e. The van der Waals surface area contributed by atoms with Crippen LogP contribution < -0.4 is 21.7 Å². The summed E-state index contributed by atoms with van der Waals surface area (Å²) in [4.78, 5) is 0. The van der Waals surface area contributed by atoms with E-state index in [9.17, 15) is 4.39 Å². The molecule has 0 saturated heterocycles. The molecule has 7 heteroatoms. The number of allylic oxidation sites excluding steroid dienone is 6. The van der Waals surface area contributed by atoms with Gasteiger partial charge >= 0.3 is 0 Å². The van der Waals surface area contributed by atoms with Crippen LogP contribution in [0.2, 0.25) is 0 Å². The molecule has 0 heterocycles. The van der Waals surface area contributed by atoms with Crippen LogP contribution in [0.25, 0.3) is 5.57 Å². The summed E-state index contributed by atoms with van der Waals surface area (Å²) in [7, 11) is 6.36. The second-order valence-electron chi connectivity index (χ2n) is 10.9. The summed E-state index contributed by atoms with van der Waals surface area (Å²) in [5, 5.41) is 8.03. The molecular formula is C37H65FN4P2. The van der Waals surface area contributed by atoms with E-state index in [-0.39, 0.29) is 12.0 Å². The summed E-state index contributed by atoms with van der Waals surface area (Å²) in [6, 6.07) is 8.46. The molecule has 0 radical (unpaired) electrons. The van der Waals surface area contributed by atoms with Gasteiger partial charge in [-0.15, -0.1) is 6.58 Å². The number of hydrogen-bond donors (Lipinski definition) is 4. The monoisotopic (exact) mass is 646 g/mol. The van der Waals surface area contributed by atoms with Crippen LogP contribution in [-0.4, -0.2) is 38.4 Å². The van der Waals surface area contributed by atoms with Crippen molar-refractivity contribution in [3.63, 3.8) is 0 Å². The van der Waals surface area contributed by atoms with Gasteiger partial charge < -0.3 is 21.7 Å². The summed E-state index contributed by atoms with van der Waals surface area (Å²) >= 11 is 0. The number of nitrogens with one attached hydrogen (secondary N) is 3. The van der Waals surface area contributed by atoms with Gasteiger partial charge in [-0.3, -0.25) is 0 Å². The topological polar surface area (TPSA) is 62.1 Å². The Morgan fingerprint density at radius 1 is 1.11 bits per heavy atom. The van der Waals surface area contributed by atoms with E-state index in [1.165, 1.54) is 28.7 Å². The van der Waals surface area contributed by atoms with Crippen molar-refractivity contribution in [3.8, 4) is 0 Å². The molecule has 1 aromatic carbocycles. The van der Waals surface area contributed by atoms with Gasteiger partial charge in [0.05, 0.1) is 12.0 Å². The van der Waals surface area contributed by atoms with Crippen molar-refractivity contribution in [2.75, 3.05) is 33.2 Å². The number of benzene rings is 1. The maximum absolute atomic E-state index is 14.1. The molecule has 0 spiro atoms. The predicted molar refractivity (Wildman–Crippen MR) is 206 cm³/mol. The van der Waals surface area contributed by atoms with E-state index in [1.54, 1.807) is 0 Å². The van der Waals surface area contributed by atoms with Gasteiger partial charge in [-0.1, -0.05) is 128 Å². The van der Waals surface area contributed by atoms with Crippen LogP contribution in [0.1, 0.15) is 84.8 Å². The number of nitrogens with two attached hydrogens (primary N) is 1. The van der Waals surface area contributed by atoms with Crippen LogP contribution in [0.4, 0.5) is 4.39 Å². The molecule has 0 amide bonds. The fourth-order valence-electron chi connectivity index (χ4n) is 4.57. The Kier molecular flexibility index (Phi) is 25.2. The molecular weight excluding hydrogens is 581 g/mol. The minimum Gasteiger partial charge on any atom is -0.402 e. The summed E-state index contributed by atoms with van der Waals surface area (Å²) in [5.41, 5.74) is 11.7. The zero-order valence-corrected chi connectivity index (χ0v) is 31.3. The maximum Gasteiger partial charge on any atom is 0.153 e. The highest BCUT2D eigenvalue weighted by molar-refractivity contribution is 7.39. The van der Waals surface area contributed by atoms with Crippen molar-refractivity contribution >= 4 is 24.1 Å². The third-order valence-electron chi connectivity index (χ3n) is 7.14. The minimum absolute atomic E-state index is 0.176. The molecule has 5 N–H and O–H groups in total. The first-order chi connectivity index (χ1) is 20.8. The van der Waals surface area contributed by atoms with Gasteiger partial charge in [0, 0.05) is 23.9 Å². The van der Waals surface area contributed by atoms with Gasteiger partial charge in [-0.25, -0.2) is 4.39 Å². The average Bonchev–Trinajstić information content (AvgIpc) is 3.28. The summed E-state index contributed by atoms with van der Waals surface area (Å²) in [5.74, 6) is 0.395. The molecule has 0 bridgehead atoms. The van der Waals surface area contributed by atoms with Crippen LogP contribution in [0.5, 0.6) is 0 Å². The van der Waals surface area contributed by atoms with Crippen LogP contribution in [-0.2, 0) is 5.41 Å². The Morgan fingerprint density at radius 2 is 1.70 bits per heavy atom. The predicted octanol–water partition coefficient (Wildman–Crippen LogP) is 9.02. The molecule has 0 aromatic heterocycles. The average molecular weight is 647 g/mol. The zero-order valence-electron chi connectivity index (χ0n) is 29.0. The fraction of sp³-hybridized carbons (Fsp3) is 0.514. The van der Waals surface area contributed by atoms with E-state index in [0.717, 1.165) is 56.7 Å². The first-order valence-electron chi connectivity index (χ1n) is 16.0. The highest BCUT2D eigenvalue weighted by atomic mass is 31.1. The second kappa shape index (κ2) is 25.2. The largest absolute Gasteiger partial charge is 0.402 e. The van der Waals surface area contributed by atoms with Crippen molar-refractivity contribution < 1.29 is 4.39 Å². The molecule has 4 atom stereocenters. The Hall–Kier alpha value is -2.03. The Balaban J connectivity index is 0. The van der Waals surface area contributed by atoms with Crippen molar-refractivity contribution in [1.82, 2.24) is 16.0 Å². The SMILES string of the molecule is C=C(N)[C@H](C)CNCCC.C=CC1=C(C/C=C\C)C(CCC)(C(=C)NCC(F)(P)P)c2ccccc21.C=CCC.CCNC. The number of fused-ring (bicyclic) bond motifs is 1. The lowest BCUT2D eigenvalue weighted by Gasteiger charge is -2.37. The molecule has 4 nitrogen and oxygen atoms in total. The molecule has 250 valence electrons. The van der Waals surface area contributed by atoms with Crippen LogP contribution in [0.3, 0.4) is 0 Å².